The molecule has 0 spiro atoms. The van der Waals surface area contributed by atoms with E-state index in [1.165, 1.54) is 12.2 Å². The van der Waals surface area contributed by atoms with E-state index in [1.54, 1.807) is 0 Å². The zero-order valence-corrected chi connectivity index (χ0v) is 7.60. The predicted molar refractivity (Wildman–Crippen MR) is 45.0 cm³/mol. The van der Waals surface area contributed by atoms with Gasteiger partial charge < -0.3 is 8.85 Å². The van der Waals surface area contributed by atoms with Gasteiger partial charge in [-0.3, -0.25) is 15.9 Å². The summed E-state index contributed by atoms with van der Waals surface area (Å²) in [5.74, 6) is 0. The molecule has 5 nitrogen and oxygen atoms in total. The molecule has 6 heteroatoms. The van der Waals surface area contributed by atoms with Crippen LogP contribution in [0.3, 0.4) is 0 Å². The molecule has 0 aliphatic carbocycles. The Kier molecular flexibility index (Phi) is 5.18. The van der Waals surface area contributed by atoms with Crippen LogP contribution in [0.2, 0.25) is 0 Å². The van der Waals surface area contributed by atoms with Crippen LogP contribution in [0.5, 0.6) is 0 Å². The number of hydrogen-bond acceptors (Lipinski definition) is 5. The highest BCUT2D eigenvalue weighted by molar-refractivity contribution is 6.26. The summed E-state index contributed by atoms with van der Waals surface area (Å²) in [7, 11) is -2.65. The van der Waals surface area contributed by atoms with Gasteiger partial charge in [0.25, 0.3) is 0 Å². The number of nitrogens with two attached hydrogens (primary N) is 2. The third-order valence-electron chi connectivity index (χ3n) is 0.929. The van der Waals surface area contributed by atoms with E-state index in [0.29, 0.717) is 0 Å². The van der Waals surface area contributed by atoms with Gasteiger partial charge in [-0.15, -0.1) is 0 Å². The van der Waals surface area contributed by atoms with Crippen molar-refractivity contribution in [3.63, 3.8) is 0 Å². The second kappa shape index (κ2) is 5.64. The predicted octanol–water partition coefficient (Wildman–Crippen LogP) is -0.623. The zero-order valence-electron chi connectivity index (χ0n) is 6.60. The fourth-order valence-corrected chi connectivity index (χ4v) is 1.04. The van der Waals surface area contributed by atoms with E-state index in [2.05, 4.69) is 22.0 Å². The summed E-state index contributed by atoms with van der Waals surface area (Å²) in [5.41, 5.74) is 10.5. The van der Waals surface area contributed by atoms with Crippen molar-refractivity contribution in [3.05, 3.63) is 25.3 Å². The molecule has 0 amide bonds. The lowest BCUT2D eigenvalue weighted by Gasteiger charge is -2.11. The molecular formula is C6H12N2O3Si. The summed E-state index contributed by atoms with van der Waals surface area (Å²) in [6.07, 6.45) is 0.998. The third-order valence-corrected chi connectivity index (χ3v) is 1.86. The molecule has 0 aliphatic rings. The zero-order chi connectivity index (χ0) is 9.56. The van der Waals surface area contributed by atoms with Crippen molar-refractivity contribution < 1.29 is 13.3 Å². The molecule has 0 aromatic rings. The van der Waals surface area contributed by atoms with Crippen molar-refractivity contribution in [3.8, 4) is 0 Å². The van der Waals surface area contributed by atoms with E-state index in [-0.39, 0.29) is 0 Å². The van der Waals surface area contributed by atoms with Crippen molar-refractivity contribution in [1.82, 2.24) is 0 Å². The highest BCUT2D eigenvalue weighted by atomic mass is 28.3. The summed E-state index contributed by atoms with van der Waals surface area (Å²) in [6, 6.07) is 0. The van der Waals surface area contributed by atoms with Gasteiger partial charge in [0.05, 0.1) is 0 Å². The first-order chi connectivity index (χ1) is 5.60. The Morgan fingerprint density at radius 3 is 1.75 bits per heavy atom. The maximum Gasteiger partial charge on any atom is 0.770 e. The van der Waals surface area contributed by atoms with Crippen LogP contribution >= 0.6 is 0 Å². The van der Waals surface area contributed by atoms with Gasteiger partial charge in [0.2, 0.25) is 0 Å². The molecule has 68 valence electrons. The molecule has 0 radical (unpaired) electrons. The molecule has 0 rings (SSSR count). The molecule has 2 unspecified atom stereocenters. The Bertz CT molecular complexity index is 168. The van der Waals surface area contributed by atoms with Crippen LogP contribution in [-0.2, 0) is 13.3 Å². The Balaban J connectivity index is 3.73. The van der Waals surface area contributed by atoms with Crippen LogP contribution in [0.25, 0.3) is 0 Å². The van der Waals surface area contributed by atoms with Gasteiger partial charge in [-0.25, -0.2) is 0 Å². The van der Waals surface area contributed by atoms with Gasteiger partial charge >= 0.3 is 9.17 Å². The first kappa shape index (κ1) is 11.0. The second-order valence-corrected chi connectivity index (χ2v) is 2.86. The number of hydrogen-bond donors (Lipinski definition) is 2. The molecule has 0 aromatic heterocycles. The van der Waals surface area contributed by atoms with Crippen molar-refractivity contribution in [2.24, 2.45) is 11.5 Å². The summed E-state index contributed by atoms with van der Waals surface area (Å²) in [6.45, 7) is 6.67. The normalized spacial score (nSPS) is 14.2. The molecule has 0 fully saturated rings. The van der Waals surface area contributed by atoms with Crippen LogP contribution in [0.1, 0.15) is 0 Å². The van der Waals surface area contributed by atoms with Gasteiger partial charge in [-0.05, 0) is 12.2 Å². The minimum absolute atomic E-state index is 0.798. The molecule has 2 atom stereocenters. The van der Waals surface area contributed by atoms with Gasteiger partial charge in [0, 0.05) is 0 Å². The van der Waals surface area contributed by atoms with Crippen molar-refractivity contribution >= 4 is 9.17 Å². The molecule has 0 saturated carbocycles. The van der Waals surface area contributed by atoms with Gasteiger partial charge in [-0.1, -0.05) is 13.2 Å². The van der Waals surface area contributed by atoms with Crippen LogP contribution in [-0.4, -0.2) is 21.6 Å². The minimum Gasteiger partial charge on any atom is -0.477 e. The van der Waals surface area contributed by atoms with Crippen molar-refractivity contribution in [2.75, 3.05) is 0 Å². The smallest absolute Gasteiger partial charge is 0.477 e. The van der Waals surface area contributed by atoms with Gasteiger partial charge in [-0.2, -0.15) is 0 Å². The molecule has 0 heterocycles. The van der Waals surface area contributed by atoms with E-state index < -0.39 is 21.6 Å². The van der Waals surface area contributed by atoms with Gasteiger partial charge in [0.15, 0.2) is 12.5 Å². The largest absolute Gasteiger partial charge is 0.770 e. The first-order valence-corrected chi connectivity index (χ1v) is 4.46. The number of rotatable bonds is 6. The van der Waals surface area contributed by atoms with E-state index in [0.717, 1.165) is 0 Å². The van der Waals surface area contributed by atoms with E-state index in [4.69, 9.17) is 11.5 Å². The average Bonchev–Trinajstić information content (AvgIpc) is 2.03. The highest BCUT2D eigenvalue weighted by Gasteiger charge is 2.16. The topological polar surface area (TPSA) is 87.6 Å². The molecule has 4 N–H and O–H groups in total. The second-order valence-electron chi connectivity index (χ2n) is 1.89. The maximum atomic E-state index is 10.9. The van der Waals surface area contributed by atoms with Crippen LogP contribution in [0.15, 0.2) is 25.3 Å². The first-order valence-electron chi connectivity index (χ1n) is 3.23. The molecule has 0 aromatic carbocycles. The Morgan fingerprint density at radius 2 is 1.50 bits per heavy atom. The Hall–Kier alpha value is -0.983. The monoisotopic (exact) mass is 188 g/mol. The average molecular weight is 188 g/mol. The SMILES string of the molecule is C=CC(N)O[Si](=O)OC(N)C=C. The van der Waals surface area contributed by atoms with Crippen molar-refractivity contribution in [2.45, 2.75) is 12.5 Å². The van der Waals surface area contributed by atoms with Crippen LogP contribution in [0.4, 0.5) is 0 Å². The molecule has 12 heavy (non-hydrogen) atoms. The molecule has 0 saturated heterocycles. The fourth-order valence-electron chi connectivity index (χ4n) is 0.346. The molecule has 0 bridgehead atoms. The van der Waals surface area contributed by atoms with E-state index in [9.17, 15) is 4.46 Å². The summed E-state index contributed by atoms with van der Waals surface area (Å²) >= 11 is 0. The van der Waals surface area contributed by atoms with Gasteiger partial charge in [0.1, 0.15) is 0 Å². The summed E-state index contributed by atoms with van der Waals surface area (Å²) < 4.78 is 20.1. The van der Waals surface area contributed by atoms with E-state index >= 15 is 0 Å². The summed E-state index contributed by atoms with van der Waals surface area (Å²) in [4.78, 5) is 0. The Labute approximate surface area is 72.5 Å². The lowest BCUT2D eigenvalue weighted by Crippen LogP contribution is -2.32. The minimum atomic E-state index is -2.65. The van der Waals surface area contributed by atoms with E-state index in [1.807, 2.05) is 0 Å². The van der Waals surface area contributed by atoms with Crippen molar-refractivity contribution in [1.29, 1.82) is 0 Å². The maximum absolute atomic E-state index is 10.9. The van der Waals surface area contributed by atoms with Crippen LogP contribution < -0.4 is 11.5 Å². The Morgan fingerprint density at radius 1 is 1.17 bits per heavy atom. The van der Waals surface area contributed by atoms with Crippen LogP contribution in [0, 0.1) is 0 Å². The highest BCUT2D eigenvalue weighted by Crippen LogP contribution is 1.89. The fraction of sp³-hybridized carbons (Fsp3) is 0.333. The third kappa shape index (κ3) is 4.77. The standard InChI is InChI=1S/C6H12N2O3Si/c1-3-5(7)10-12(9)11-6(8)4-2/h3-6H,1-2,7-8H2. The lowest BCUT2D eigenvalue weighted by molar-refractivity contribution is 0.121. The molecule has 0 aliphatic heterocycles. The molecular weight excluding hydrogens is 176 g/mol. The quantitative estimate of drug-likeness (QED) is 0.329. The lowest BCUT2D eigenvalue weighted by atomic mass is 10.6. The summed E-state index contributed by atoms with van der Waals surface area (Å²) in [5, 5.41) is 0.